The smallest absolute Gasteiger partial charge is 0.258 e. The number of ether oxygens (including phenoxy) is 2. The molecule has 2 rings (SSSR count). The van der Waals surface area contributed by atoms with Gasteiger partial charge in [0.15, 0.2) is 26.4 Å². The number of amides is 1. The Bertz CT molecular complexity index is 1140. The molecule has 1 amide bonds. The molecule has 0 spiro atoms. The molecule has 0 bridgehead atoms. The summed E-state index contributed by atoms with van der Waals surface area (Å²) in [5, 5.41) is 13.0. The maximum Gasteiger partial charge on any atom is 0.258 e. The molecule has 0 saturated heterocycles. The average Bonchev–Trinajstić information content (AvgIpc) is 2.84. The number of halogens is 1. The zero-order valence-electron chi connectivity index (χ0n) is 21.3. The van der Waals surface area contributed by atoms with Crippen LogP contribution >= 0.6 is 15.9 Å². The number of methoxy groups -OCH3 is 1. The van der Waals surface area contributed by atoms with Crippen LogP contribution < -0.4 is 19.5 Å². The fourth-order valence-electron chi connectivity index (χ4n) is 3.73. The SMILES string of the molecule is CC[Si](CC)(CC)OC(CNC(=O)COc1ccc(Br)cc1OC)c1ccc(O)c(NS(C)(=O)=O)c1. The number of carbonyl (C=O) groups is 1. The zero-order chi connectivity index (χ0) is 26.9. The van der Waals surface area contributed by atoms with Gasteiger partial charge in [0, 0.05) is 11.0 Å². The molecule has 0 saturated carbocycles. The number of anilines is 1. The Morgan fingerprint density at radius 1 is 1.08 bits per heavy atom. The third-order valence-corrected chi connectivity index (χ3v) is 11.7. The summed E-state index contributed by atoms with van der Waals surface area (Å²) in [6.45, 7) is 6.22. The van der Waals surface area contributed by atoms with E-state index < -0.39 is 24.4 Å². The van der Waals surface area contributed by atoms with Crippen LogP contribution in [-0.2, 0) is 19.2 Å². The Labute approximate surface area is 222 Å². The van der Waals surface area contributed by atoms with Gasteiger partial charge in [0.25, 0.3) is 5.91 Å². The van der Waals surface area contributed by atoms with Crippen molar-refractivity contribution in [2.24, 2.45) is 0 Å². The number of hydrogen-bond acceptors (Lipinski definition) is 7. The van der Waals surface area contributed by atoms with Crippen LogP contribution in [-0.4, -0.2) is 54.3 Å². The molecular formula is C24H35BrN2O7SSi. The van der Waals surface area contributed by atoms with Gasteiger partial charge in [-0.05, 0) is 54.0 Å². The van der Waals surface area contributed by atoms with E-state index in [1.54, 1.807) is 24.3 Å². The monoisotopic (exact) mass is 602 g/mol. The molecule has 0 aromatic heterocycles. The summed E-state index contributed by atoms with van der Waals surface area (Å²) in [5.74, 6) is 0.387. The molecule has 36 heavy (non-hydrogen) atoms. The molecule has 2 aromatic rings. The quantitative estimate of drug-likeness (QED) is 0.210. The van der Waals surface area contributed by atoms with Crippen LogP contribution in [0.15, 0.2) is 40.9 Å². The first-order chi connectivity index (χ1) is 17.0. The standard InChI is InChI=1S/C24H35BrN2O7SSi/c1-6-36(7-2,8-3)34-23(17-9-11-20(28)19(13-17)27-35(5,30)31)15-26-24(29)16-33-21-12-10-18(25)14-22(21)32-4/h9-14,23,27-28H,6-8,15-16H2,1-5H3,(H,26,29). The number of hydrogen-bond donors (Lipinski definition) is 3. The molecule has 0 aliphatic carbocycles. The van der Waals surface area contributed by atoms with Crippen LogP contribution in [0, 0.1) is 0 Å². The number of phenols is 1. The lowest BCUT2D eigenvalue weighted by molar-refractivity contribution is -0.123. The second kappa shape index (κ2) is 13.3. The van der Waals surface area contributed by atoms with Gasteiger partial charge >= 0.3 is 0 Å². The number of nitrogens with one attached hydrogen (secondary N) is 2. The molecule has 3 N–H and O–H groups in total. The average molecular weight is 604 g/mol. The van der Waals surface area contributed by atoms with E-state index in [1.807, 2.05) is 0 Å². The molecule has 12 heteroatoms. The highest BCUT2D eigenvalue weighted by atomic mass is 79.9. The number of phenolic OH excluding ortho intramolecular Hbond substituents is 1. The number of aromatic hydroxyl groups is 1. The first kappa shape index (κ1) is 29.9. The van der Waals surface area contributed by atoms with Crippen LogP contribution in [0.3, 0.4) is 0 Å². The highest BCUT2D eigenvalue weighted by molar-refractivity contribution is 9.10. The largest absolute Gasteiger partial charge is 0.506 e. The van der Waals surface area contributed by atoms with Gasteiger partial charge in [0.1, 0.15) is 5.75 Å². The van der Waals surface area contributed by atoms with Gasteiger partial charge in [-0.1, -0.05) is 42.8 Å². The van der Waals surface area contributed by atoms with Crippen molar-refractivity contribution in [3.8, 4) is 17.2 Å². The Morgan fingerprint density at radius 2 is 1.75 bits per heavy atom. The molecule has 2 aromatic carbocycles. The van der Waals surface area contributed by atoms with E-state index in [4.69, 9.17) is 13.9 Å². The van der Waals surface area contributed by atoms with Crippen molar-refractivity contribution in [1.29, 1.82) is 0 Å². The summed E-state index contributed by atoms with van der Waals surface area (Å²) in [6, 6.07) is 12.5. The van der Waals surface area contributed by atoms with Crippen molar-refractivity contribution in [3.05, 3.63) is 46.4 Å². The highest BCUT2D eigenvalue weighted by Gasteiger charge is 2.33. The Morgan fingerprint density at radius 3 is 2.33 bits per heavy atom. The van der Waals surface area contributed by atoms with Crippen molar-refractivity contribution in [2.75, 3.05) is 31.2 Å². The lowest BCUT2D eigenvalue weighted by Gasteiger charge is -2.34. The van der Waals surface area contributed by atoms with Gasteiger partial charge in [-0.2, -0.15) is 0 Å². The van der Waals surface area contributed by atoms with Gasteiger partial charge in [-0.3, -0.25) is 9.52 Å². The number of sulfonamides is 1. The van der Waals surface area contributed by atoms with Gasteiger partial charge in [0.2, 0.25) is 10.0 Å². The van der Waals surface area contributed by atoms with Crippen molar-refractivity contribution < 1.29 is 32.2 Å². The fourth-order valence-corrected chi connectivity index (χ4v) is 7.45. The van der Waals surface area contributed by atoms with E-state index in [0.29, 0.717) is 17.1 Å². The fraction of sp³-hybridized carbons (Fsp3) is 0.458. The van der Waals surface area contributed by atoms with E-state index in [0.717, 1.165) is 28.9 Å². The lowest BCUT2D eigenvalue weighted by Crippen LogP contribution is -2.41. The summed E-state index contributed by atoms with van der Waals surface area (Å²) in [5.41, 5.74) is 0.694. The molecule has 0 heterocycles. The summed E-state index contributed by atoms with van der Waals surface area (Å²) in [6.07, 6.45) is 0.472. The van der Waals surface area contributed by atoms with Crippen LogP contribution in [0.2, 0.25) is 18.1 Å². The zero-order valence-corrected chi connectivity index (χ0v) is 24.7. The van der Waals surface area contributed by atoms with Gasteiger partial charge < -0.3 is 24.3 Å². The molecular weight excluding hydrogens is 568 g/mol. The van der Waals surface area contributed by atoms with Crippen molar-refractivity contribution in [3.63, 3.8) is 0 Å². The first-order valence-corrected chi connectivity index (χ1v) is 16.9. The molecule has 9 nitrogen and oxygen atoms in total. The van der Waals surface area contributed by atoms with Gasteiger partial charge in [-0.25, -0.2) is 8.42 Å². The van der Waals surface area contributed by atoms with Crippen LogP contribution in [0.1, 0.15) is 32.4 Å². The Balaban J connectivity index is 2.22. The van der Waals surface area contributed by atoms with Crippen molar-refractivity contribution in [2.45, 2.75) is 45.0 Å². The minimum absolute atomic E-state index is 0.0531. The van der Waals surface area contributed by atoms with E-state index in [9.17, 15) is 18.3 Å². The van der Waals surface area contributed by atoms with Crippen LogP contribution in [0.5, 0.6) is 17.2 Å². The Kier molecular flexibility index (Phi) is 11.1. The second-order valence-electron chi connectivity index (χ2n) is 8.39. The first-order valence-electron chi connectivity index (χ1n) is 11.7. The molecule has 0 fully saturated rings. The third kappa shape index (κ3) is 8.68. The topological polar surface area (TPSA) is 123 Å². The molecule has 1 atom stereocenters. The molecule has 0 aliphatic rings. The molecule has 200 valence electrons. The number of rotatable bonds is 14. The minimum Gasteiger partial charge on any atom is -0.506 e. The van der Waals surface area contributed by atoms with Gasteiger partial charge in [-0.15, -0.1) is 0 Å². The maximum atomic E-state index is 12.6. The number of benzene rings is 2. The van der Waals surface area contributed by atoms with Crippen molar-refractivity contribution >= 4 is 45.9 Å². The van der Waals surface area contributed by atoms with E-state index in [1.165, 1.54) is 19.2 Å². The normalized spacial score (nSPS) is 12.6. The van der Waals surface area contributed by atoms with Crippen LogP contribution in [0.4, 0.5) is 5.69 Å². The summed E-state index contributed by atoms with van der Waals surface area (Å²) in [7, 11) is -4.19. The molecule has 0 radical (unpaired) electrons. The summed E-state index contributed by atoms with van der Waals surface area (Å²) < 4.78 is 44.2. The minimum atomic E-state index is -3.60. The predicted molar refractivity (Wildman–Crippen MR) is 147 cm³/mol. The lowest BCUT2D eigenvalue weighted by atomic mass is 10.1. The van der Waals surface area contributed by atoms with E-state index in [2.05, 4.69) is 46.7 Å². The van der Waals surface area contributed by atoms with E-state index >= 15 is 0 Å². The third-order valence-electron chi connectivity index (χ3n) is 5.98. The second-order valence-corrected chi connectivity index (χ2v) is 15.8. The summed E-state index contributed by atoms with van der Waals surface area (Å²) in [4.78, 5) is 12.6. The predicted octanol–water partition coefficient (Wildman–Crippen LogP) is 4.79. The van der Waals surface area contributed by atoms with E-state index in [-0.39, 0.29) is 30.5 Å². The highest BCUT2D eigenvalue weighted by Crippen LogP contribution is 2.34. The van der Waals surface area contributed by atoms with Crippen molar-refractivity contribution in [1.82, 2.24) is 5.32 Å². The Hall–Kier alpha value is -2.28. The molecule has 1 unspecified atom stereocenters. The molecule has 0 aliphatic heterocycles. The summed E-state index contributed by atoms with van der Waals surface area (Å²) >= 11 is 3.37. The number of carbonyl (C=O) groups excluding carboxylic acids is 1. The van der Waals surface area contributed by atoms with Crippen LogP contribution in [0.25, 0.3) is 0 Å². The maximum absolute atomic E-state index is 12.6. The van der Waals surface area contributed by atoms with Gasteiger partial charge in [0.05, 0.1) is 25.2 Å².